The first-order valence-corrected chi connectivity index (χ1v) is 22.4. The number of para-hydroxylation sites is 3. The maximum atomic E-state index is 6.64. The van der Waals surface area contributed by atoms with E-state index in [1.54, 1.807) is 0 Å². The monoisotopic (exact) mass is 816 g/mol. The fraction of sp³-hybridized carbons (Fsp3) is 0.0492. The standard InChI is InChI=1S/C61H40N2O/c1-2-12-45(13-3-1)62-56-19-8-6-15-49(56)53-35-40(25-30-57(53)62)41-26-31-58-54(36-41)55-37-44(48-17-10-18-51-50-16-7-9-20-60(50)64-61(48)51)27-32-59(55)63(58)46-28-23-38(24-29-46)39-21-22-43-33-42-11-4-5-14-47(42)52(43)34-39/h1-17,19-32,34-37,51H,18,33H2. The van der Waals surface area contributed by atoms with Crippen LogP contribution < -0.4 is 4.74 Å². The van der Waals surface area contributed by atoms with Crippen LogP contribution in [-0.4, -0.2) is 9.13 Å². The molecule has 0 saturated carbocycles. The highest BCUT2D eigenvalue weighted by Crippen LogP contribution is 2.49. The minimum atomic E-state index is 0.238. The van der Waals surface area contributed by atoms with Gasteiger partial charge >= 0.3 is 0 Å². The zero-order chi connectivity index (χ0) is 41.9. The third kappa shape index (κ3) is 5.28. The first kappa shape index (κ1) is 35.5. The van der Waals surface area contributed by atoms with Crippen molar-refractivity contribution in [1.29, 1.82) is 0 Å². The van der Waals surface area contributed by atoms with Gasteiger partial charge in [0, 0.05) is 50.0 Å². The minimum Gasteiger partial charge on any atom is -0.460 e. The molecule has 2 aliphatic carbocycles. The Morgan fingerprint density at radius 3 is 1.77 bits per heavy atom. The molecule has 9 aromatic carbocycles. The van der Waals surface area contributed by atoms with E-state index in [0.717, 1.165) is 35.6 Å². The van der Waals surface area contributed by atoms with E-state index in [1.807, 2.05) is 0 Å². The van der Waals surface area contributed by atoms with E-state index in [9.17, 15) is 0 Å². The summed E-state index contributed by atoms with van der Waals surface area (Å²) in [5.74, 6) is 2.27. The summed E-state index contributed by atoms with van der Waals surface area (Å²) in [4.78, 5) is 0. The van der Waals surface area contributed by atoms with E-state index >= 15 is 0 Å². The smallest absolute Gasteiger partial charge is 0.130 e. The van der Waals surface area contributed by atoms with Crippen LogP contribution in [0, 0.1) is 0 Å². The molecule has 0 radical (unpaired) electrons. The molecule has 1 unspecified atom stereocenters. The lowest BCUT2D eigenvalue weighted by Crippen LogP contribution is -2.05. The van der Waals surface area contributed by atoms with Crippen molar-refractivity contribution in [3.8, 4) is 50.5 Å². The van der Waals surface area contributed by atoms with Crippen LogP contribution in [-0.2, 0) is 6.42 Å². The van der Waals surface area contributed by atoms with Crippen molar-refractivity contribution in [1.82, 2.24) is 9.13 Å². The van der Waals surface area contributed by atoms with Crippen LogP contribution in [0.1, 0.15) is 34.6 Å². The van der Waals surface area contributed by atoms with Crippen LogP contribution in [0.3, 0.4) is 0 Å². The second kappa shape index (κ2) is 13.7. The summed E-state index contributed by atoms with van der Waals surface area (Å²) in [6.45, 7) is 0. The molecule has 3 heteroatoms. The van der Waals surface area contributed by atoms with Gasteiger partial charge in [-0.25, -0.2) is 0 Å². The maximum absolute atomic E-state index is 6.64. The van der Waals surface area contributed by atoms with Crippen LogP contribution in [0.25, 0.3) is 93.9 Å². The lowest BCUT2D eigenvalue weighted by atomic mass is 9.86. The number of nitrogens with zero attached hydrogens (tertiary/aromatic N) is 2. The highest BCUT2D eigenvalue weighted by Gasteiger charge is 2.33. The van der Waals surface area contributed by atoms with Gasteiger partial charge < -0.3 is 13.9 Å². The Hall–Kier alpha value is -8.14. The van der Waals surface area contributed by atoms with Crippen molar-refractivity contribution >= 4 is 49.2 Å². The van der Waals surface area contributed by atoms with Gasteiger partial charge in [-0.1, -0.05) is 133 Å². The van der Waals surface area contributed by atoms with Crippen molar-refractivity contribution in [3.63, 3.8) is 0 Å². The van der Waals surface area contributed by atoms with E-state index in [0.29, 0.717) is 0 Å². The molecule has 0 bridgehead atoms. The molecule has 2 aromatic heterocycles. The first-order valence-electron chi connectivity index (χ1n) is 22.4. The van der Waals surface area contributed by atoms with E-state index in [4.69, 9.17) is 4.74 Å². The second-order valence-corrected chi connectivity index (χ2v) is 17.6. The first-order chi connectivity index (χ1) is 31.7. The Morgan fingerprint density at radius 1 is 0.406 bits per heavy atom. The Morgan fingerprint density at radius 2 is 0.969 bits per heavy atom. The molecule has 64 heavy (non-hydrogen) atoms. The number of allylic oxidation sites excluding steroid dienone is 4. The van der Waals surface area contributed by atoms with Gasteiger partial charge in [0.25, 0.3) is 0 Å². The van der Waals surface area contributed by atoms with Crippen molar-refractivity contribution in [3.05, 3.63) is 240 Å². The van der Waals surface area contributed by atoms with E-state index < -0.39 is 0 Å². The molecule has 0 N–H and O–H groups in total. The number of ether oxygens (including phenoxy) is 1. The zero-order valence-corrected chi connectivity index (χ0v) is 35.0. The van der Waals surface area contributed by atoms with Crippen LogP contribution in [0.15, 0.2) is 218 Å². The number of hydrogen-bond donors (Lipinski definition) is 0. The largest absolute Gasteiger partial charge is 0.460 e. The quantitative estimate of drug-likeness (QED) is 0.169. The Bertz CT molecular complexity index is 3800. The molecule has 1 aliphatic heterocycles. The van der Waals surface area contributed by atoms with Crippen LogP contribution in [0.4, 0.5) is 0 Å². The molecule has 0 fully saturated rings. The van der Waals surface area contributed by atoms with E-state index in [1.165, 1.54) is 105 Å². The number of benzene rings is 9. The van der Waals surface area contributed by atoms with E-state index in [-0.39, 0.29) is 5.92 Å². The van der Waals surface area contributed by atoms with Gasteiger partial charge in [-0.2, -0.15) is 0 Å². The average Bonchev–Trinajstić information content (AvgIpc) is 4.11. The molecule has 11 aromatic rings. The summed E-state index contributed by atoms with van der Waals surface area (Å²) >= 11 is 0. The maximum Gasteiger partial charge on any atom is 0.130 e. The minimum absolute atomic E-state index is 0.238. The number of aromatic nitrogens is 2. The molecular formula is C61H40N2O. The molecule has 3 nitrogen and oxygen atoms in total. The van der Waals surface area contributed by atoms with Gasteiger partial charge in [-0.3, -0.25) is 0 Å². The Balaban J connectivity index is 0.926. The normalized spacial score (nSPS) is 14.9. The van der Waals surface area contributed by atoms with Crippen LogP contribution in [0.2, 0.25) is 0 Å². The van der Waals surface area contributed by atoms with Gasteiger partial charge in [-0.05, 0) is 142 Å². The predicted octanol–water partition coefficient (Wildman–Crippen LogP) is 15.6. The topological polar surface area (TPSA) is 19.1 Å². The molecule has 14 rings (SSSR count). The molecule has 0 amide bonds. The summed E-state index contributed by atoms with van der Waals surface area (Å²) in [6, 6.07) is 73.9. The number of rotatable bonds is 5. The van der Waals surface area contributed by atoms with Crippen molar-refractivity contribution in [2.45, 2.75) is 18.8 Å². The SMILES string of the molecule is C1=CC(c2ccc3c(c2)c2cc(-c4ccc5c(c4)c4ccccc4n5-c4ccccc4)ccc2n3-c2ccc(-c3ccc4c(c3)-c3ccccc3C4)cc2)=C2Oc3ccccc3C2C1. The van der Waals surface area contributed by atoms with Crippen molar-refractivity contribution < 1.29 is 4.74 Å². The summed E-state index contributed by atoms with van der Waals surface area (Å²) in [5, 5.41) is 4.94. The number of fused-ring (bicyclic) bond motifs is 12. The van der Waals surface area contributed by atoms with Crippen molar-refractivity contribution in [2.75, 3.05) is 0 Å². The fourth-order valence-electron chi connectivity index (χ4n) is 11.1. The third-order valence-electron chi connectivity index (χ3n) is 14.1. The Kier molecular flexibility index (Phi) is 7.58. The molecule has 300 valence electrons. The molecular weight excluding hydrogens is 777 g/mol. The molecule has 3 aliphatic rings. The predicted molar refractivity (Wildman–Crippen MR) is 265 cm³/mol. The van der Waals surface area contributed by atoms with Gasteiger partial charge in [-0.15, -0.1) is 0 Å². The summed E-state index contributed by atoms with van der Waals surface area (Å²) in [6.07, 6.45) is 6.53. The summed E-state index contributed by atoms with van der Waals surface area (Å²) in [7, 11) is 0. The second-order valence-electron chi connectivity index (χ2n) is 17.6. The third-order valence-corrected chi connectivity index (χ3v) is 14.1. The molecule has 3 heterocycles. The summed E-state index contributed by atoms with van der Waals surface area (Å²) in [5.41, 5.74) is 21.1. The van der Waals surface area contributed by atoms with Crippen LogP contribution in [0.5, 0.6) is 5.75 Å². The van der Waals surface area contributed by atoms with Gasteiger partial charge in [0.05, 0.1) is 22.1 Å². The van der Waals surface area contributed by atoms with Crippen LogP contribution >= 0.6 is 0 Å². The molecule has 0 saturated heterocycles. The Labute approximate surface area is 371 Å². The molecule has 1 atom stereocenters. The average molecular weight is 817 g/mol. The van der Waals surface area contributed by atoms with Gasteiger partial charge in [0.2, 0.25) is 0 Å². The number of hydrogen-bond acceptors (Lipinski definition) is 1. The van der Waals surface area contributed by atoms with Crippen molar-refractivity contribution in [2.24, 2.45) is 0 Å². The van der Waals surface area contributed by atoms with E-state index in [2.05, 4.69) is 221 Å². The highest BCUT2D eigenvalue weighted by molar-refractivity contribution is 6.13. The fourth-order valence-corrected chi connectivity index (χ4v) is 11.1. The van der Waals surface area contributed by atoms with Gasteiger partial charge in [0.15, 0.2) is 0 Å². The lowest BCUT2D eigenvalue weighted by Gasteiger charge is -2.18. The molecule has 0 spiro atoms. The van der Waals surface area contributed by atoms with Gasteiger partial charge in [0.1, 0.15) is 11.5 Å². The summed E-state index contributed by atoms with van der Waals surface area (Å²) < 4.78 is 11.5. The highest BCUT2D eigenvalue weighted by atomic mass is 16.5. The lowest BCUT2D eigenvalue weighted by molar-refractivity contribution is 0.429. The zero-order valence-electron chi connectivity index (χ0n) is 35.0.